The van der Waals surface area contributed by atoms with Gasteiger partial charge in [-0.3, -0.25) is 4.79 Å². The summed E-state index contributed by atoms with van der Waals surface area (Å²) >= 11 is 0. The summed E-state index contributed by atoms with van der Waals surface area (Å²) in [5, 5.41) is 15.1. The number of hydrogen-bond acceptors (Lipinski definition) is 4. The summed E-state index contributed by atoms with van der Waals surface area (Å²) in [6, 6.07) is 3.40. The van der Waals surface area contributed by atoms with Gasteiger partial charge in [-0.1, -0.05) is 0 Å². The minimum Gasteiger partial charge on any atom is -0.496 e. The molecule has 0 aliphatic carbocycles. The number of methoxy groups -OCH3 is 1. The Labute approximate surface area is 117 Å². The maximum atomic E-state index is 13.3. The van der Waals surface area contributed by atoms with Gasteiger partial charge in [0, 0.05) is 12.1 Å². The molecule has 2 rings (SSSR count). The lowest BCUT2D eigenvalue weighted by molar-refractivity contribution is -0.123. The molecular weight excluding hydrogens is 263 g/mol. The first-order chi connectivity index (χ1) is 9.51. The third-order valence-electron chi connectivity index (χ3n) is 3.44. The first-order valence-corrected chi connectivity index (χ1v) is 6.56. The number of benzene rings is 1. The fraction of sp³-hybridized carbons (Fsp3) is 0.500. The smallest absolute Gasteiger partial charge is 0.237 e. The second-order valence-electron chi connectivity index (χ2n) is 4.97. The van der Waals surface area contributed by atoms with Crippen molar-refractivity contribution < 1.29 is 19.0 Å². The molecule has 1 saturated heterocycles. The molecule has 0 spiro atoms. The standard InChI is InChI=1S/C14H19FN2O3/c1-8(11-5-9(15)3-4-13(11)20-2)17-14(19)12-6-10(18)7-16-12/h3-5,8,10,12,16,18H,6-7H2,1-2H3,(H,17,19)/t8-,10+,12+/m0/s1. The highest BCUT2D eigenvalue weighted by Crippen LogP contribution is 2.26. The fourth-order valence-electron chi connectivity index (χ4n) is 2.35. The monoisotopic (exact) mass is 282 g/mol. The van der Waals surface area contributed by atoms with E-state index in [-0.39, 0.29) is 17.8 Å². The van der Waals surface area contributed by atoms with E-state index in [1.165, 1.54) is 25.3 Å². The third-order valence-corrected chi connectivity index (χ3v) is 3.44. The molecule has 1 fully saturated rings. The summed E-state index contributed by atoms with van der Waals surface area (Å²) in [6.45, 7) is 2.18. The van der Waals surface area contributed by atoms with Crippen LogP contribution in [-0.2, 0) is 4.79 Å². The molecule has 1 aliphatic rings. The molecule has 0 aromatic heterocycles. The first-order valence-electron chi connectivity index (χ1n) is 6.56. The number of rotatable bonds is 4. The highest BCUT2D eigenvalue weighted by molar-refractivity contribution is 5.82. The van der Waals surface area contributed by atoms with Crippen LogP contribution in [0.25, 0.3) is 0 Å². The molecule has 0 radical (unpaired) electrons. The Morgan fingerprint density at radius 1 is 1.60 bits per heavy atom. The molecular formula is C14H19FN2O3. The van der Waals surface area contributed by atoms with Gasteiger partial charge < -0.3 is 20.5 Å². The number of carbonyl (C=O) groups is 1. The summed E-state index contributed by atoms with van der Waals surface area (Å²) in [7, 11) is 1.50. The predicted octanol–water partition coefficient (Wildman–Crippen LogP) is 0.734. The maximum absolute atomic E-state index is 13.3. The summed E-state index contributed by atoms with van der Waals surface area (Å²) in [6.07, 6.45) is -0.108. The molecule has 1 aliphatic heterocycles. The Hall–Kier alpha value is -1.66. The molecule has 1 heterocycles. The van der Waals surface area contributed by atoms with Crippen molar-refractivity contribution in [2.75, 3.05) is 13.7 Å². The van der Waals surface area contributed by atoms with Gasteiger partial charge in [0.25, 0.3) is 0 Å². The third kappa shape index (κ3) is 3.26. The van der Waals surface area contributed by atoms with Crippen molar-refractivity contribution in [3.63, 3.8) is 0 Å². The average Bonchev–Trinajstić information content (AvgIpc) is 2.85. The molecule has 3 atom stereocenters. The number of aliphatic hydroxyl groups is 1. The van der Waals surface area contributed by atoms with Gasteiger partial charge in [0.2, 0.25) is 5.91 Å². The van der Waals surface area contributed by atoms with E-state index >= 15 is 0 Å². The lowest BCUT2D eigenvalue weighted by Gasteiger charge is -2.19. The van der Waals surface area contributed by atoms with Gasteiger partial charge in [-0.05, 0) is 31.5 Å². The van der Waals surface area contributed by atoms with Crippen LogP contribution < -0.4 is 15.4 Å². The normalized spacial score (nSPS) is 23.4. The van der Waals surface area contributed by atoms with Gasteiger partial charge in [0.15, 0.2) is 0 Å². The van der Waals surface area contributed by atoms with Crippen LogP contribution in [0.15, 0.2) is 18.2 Å². The second-order valence-corrected chi connectivity index (χ2v) is 4.97. The lowest BCUT2D eigenvalue weighted by Crippen LogP contribution is -2.41. The van der Waals surface area contributed by atoms with Crippen LogP contribution in [0.1, 0.15) is 24.9 Å². The number of carbonyl (C=O) groups excluding carboxylic acids is 1. The second kappa shape index (κ2) is 6.19. The Bertz CT molecular complexity index is 495. The van der Waals surface area contributed by atoms with Crippen LogP contribution in [0.2, 0.25) is 0 Å². The number of β-amino-alcohol motifs (C(OH)–C–C–N with tert-alkyl or cyclic N) is 1. The number of aliphatic hydroxyl groups excluding tert-OH is 1. The number of halogens is 1. The number of hydrogen-bond donors (Lipinski definition) is 3. The molecule has 0 saturated carbocycles. The van der Waals surface area contributed by atoms with Crippen LogP contribution in [0, 0.1) is 5.82 Å². The van der Waals surface area contributed by atoms with Gasteiger partial charge in [0.1, 0.15) is 11.6 Å². The molecule has 3 N–H and O–H groups in total. The van der Waals surface area contributed by atoms with Crippen LogP contribution >= 0.6 is 0 Å². The summed E-state index contributed by atoms with van der Waals surface area (Å²) in [4.78, 5) is 12.0. The molecule has 5 nitrogen and oxygen atoms in total. The van der Waals surface area contributed by atoms with Crippen LogP contribution in [0.3, 0.4) is 0 Å². The van der Waals surface area contributed by atoms with Crippen molar-refractivity contribution in [3.8, 4) is 5.75 Å². The molecule has 0 bridgehead atoms. The number of ether oxygens (including phenoxy) is 1. The van der Waals surface area contributed by atoms with E-state index in [1.807, 2.05) is 0 Å². The molecule has 1 amide bonds. The van der Waals surface area contributed by atoms with Gasteiger partial charge >= 0.3 is 0 Å². The van der Waals surface area contributed by atoms with Crippen molar-refractivity contribution >= 4 is 5.91 Å². The number of nitrogens with one attached hydrogen (secondary N) is 2. The SMILES string of the molecule is COc1ccc(F)cc1[C@H](C)NC(=O)[C@H]1C[C@@H](O)CN1. The van der Waals surface area contributed by atoms with Gasteiger partial charge in [-0.25, -0.2) is 4.39 Å². The molecule has 6 heteroatoms. The van der Waals surface area contributed by atoms with E-state index in [0.717, 1.165) is 0 Å². The van der Waals surface area contributed by atoms with Crippen molar-refractivity contribution in [3.05, 3.63) is 29.6 Å². The van der Waals surface area contributed by atoms with E-state index in [4.69, 9.17) is 4.74 Å². The molecule has 20 heavy (non-hydrogen) atoms. The van der Waals surface area contributed by atoms with Crippen molar-refractivity contribution in [1.82, 2.24) is 10.6 Å². The molecule has 1 aromatic carbocycles. The van der Waals surface area contributed by atoms with Gasteiger partial charge in [-0.2, -0.15) is 0 Å². The largest absolute Gasteiger partial charge is 0.496 e. The van der Waals surface area contributed by atoms with Crippen LogP contribution in [-0.4, -0.2) is 36.8 Å². The van der Waals surface area contributed by atoms with E-state index < -0.39 is 12.1 Å². The van der Waals surface area contributed by atoms with Crippen molar-refractivity contribution in [1.29, 1.82) is 0 Å². The zero-order valence-electron chi connectivity index (χ0n) is 11.5. The van der Waals surface area contributed by atoms with Crippen molar-refractivity contribution in [2.45, 2.75) is 31.5 Å². The Kier molecular flexibility index (Phi) is 4.57. The molecule has 1 aromatic rings. The van der Waals surface area contributed by atoms with E-state index in [0.29, 0.717) is 24.3 Å². The fourth-order valence-corrected chi connectivity index (χ4v) is 2.35. The van der Waals surface area contributed by atoms with E-state index in [1.54, 1.807) is 6.92 Å². The Morgan fingerprint density at radius 3 is 2.95 bits per heavy atom. The summed E-state index contributed by atoms with van der Waals surface area (Å²) in [5.41, 5.74) is 0.583. The van der Waals surface area contributed by atoms with Gasteiger partial charge in [-0.15, -0.1) is 0 Å². The summed E-state index contributed by atoms with van der Waals surface area (Å²) in [5.74, 6) is -0.0599. The first kappa shape index (κ1) is 14.7. The van der Waals surface area contributed by atoms with E-state index in [2.05, 4.69) is 10.6 Å². The minimum atomic E-state index is -0.496. The minimum absolute atomic E-state index is 0.208. The highest BCUT2D eigenvalue weighted by Gasteiger charge is 2.29. The Morgan fingerprint density at radius 2 is 2.35 bits per heavy atom. The van der Waals surface area contributed by atoms with Gasteiger partial charge in [0.05, 0.1) is 25.3 Å². The lowest BCUT2D eigenvalue weighted by atomic mass is 10.1. The summed E-state index contributed by atoms with van der Waals surface area (Å²) < 4.78 is 18.5. The maximum Gasteiger partial charge on any atom is 0.237 e. The van der Waals surface area contributed by atoms with E-state index in [9.17, 15) is 14.3 Å². The highest BCUT2D eigenvalue weighted by atomic mass is 19.1. The molecule has 110 valence electrons. The average molecular weight is 282 g/mol. The number of amides is 1. The zero-order valence-corrected chi connectivity index (χ0v) is 11.5. The molecule has 0 unspecified atom stereocenters. The quantitative estimate of drug-likeness (QED) is 0.761. The Balaban J connectivity index is 2.06. The van der Waals surface area contributed by atoms with Crippen molar-refractivity contribution in [2.24, 2.45) is 0 Å². The van der Waals surface area contributed by atoms with Crippen LogP contribution in [0.4, 0.5) is 4.39 Å². The topological polar surface area (TPSA) is 70.6 Å². The van der Waals surface area contributed by atoms with Crippen LogP contribution in [0.5, 0.6) is 5.75 Å². The zero-order chi connectivity index (χ0) is 14.7. The predicted molar refractivity (Wildman–Crippen MR) is 71.9 cm³/mol.